The zero-order valence-electron chi connectivity index (χ0n) is 17.9. The molecular formula is C31H16BrClS. The van der Waals surface area contributed by atoms with Crippen molar-refractivity contribution < 1.29 is 0 Å². The number of hydrogen-bond acceptors (Lipinski definition) is 1. The minimum atomic E-state index is -0.386. The Labute approximate surface area is 214 Å². The van der Waals surface area contributed by atoms with Crippen LogP contribution in [0.3, 0.4) is 0 Å². The van der Waals surface area contributed by atoms with Crippen LogP contribution in [-0.4, -0.2) is 0 Å². The molecule has 2 aliphatic carbocycles. The second-order valence-corrected chi connectivity index (χ2v) is 11.6. The monoisotopic (exact) mass is 534 g/mol. The number of hydrogen-bond donors (Lipinski definition) is 0. The molecule has 160 valence electrons. The highest BCUT2D eigenvalue weighted by Gasteiger charge is 2.52. The number of rotatable bonds is 0. The van der Waals surface area contributed by atoms with Crippen molar-refractivity contribution in [3.8, 4) is 22.3 Å². The predicted octanol–water partition coefficient (Wildman–Crippen LogP) is 9.81. The Kier molecular flexibility index (Phi) is 3.77. The molecule has 0 bridgehead atoms. The topological polar surface area (TPSA) is 0 Å². The summed E-state index contributed by atoms with van der Waals surface area (Å²) in [4.78, 5) is 0. The maximum atomic E-state index is 6.70. The molecule has 0 amide bonds. The van der Waals surface area contributed by atoms with Crippen LogP contribution in [0.5, 0.6) is 0 Å². The first-order valence-corrected chi connectivity index (χ1v) is 13.3. The zero-order chi connectivity index (χ0) is 22.6. The maximum absolute atomic E-state index is 6.70. The molecule has 1 aromatic heterocycles. The molecule has 0 fully saturated rings. The van der Waals surface area contributed by atoms with Crippen LogP contribution in [-0.2, 0) is 5.41 Å². The molecule has 0 N–H and O–H groups in total. The van der Waals surface area contributed by atoms with E-state index in [2.05, 4.69) is 107 Å². The van der Waals surface area contributed by atoms with Crippen molar-refractivity contribution in [2.75, 3.05) is 0 Å². The fourth-order valence-corrected chi connectivity index (χ4v) is 8.08. The summed E-state index contributed by atoms with van der Waals surface area (Å²) in [5, 5.41) is 3.47. The summed E-state index contributed by atoms with van der Waals surface area (Å²) >= 11 is 12.4. The van der Waals surface area contributed by atoms with Crippen LogP contribution in [0.15, 0.2) is 102 Å². The largest absolute Gasteiger partial charge is 0.135 e. The highest BCUT2D eigenvalue weighted by atomic mass is 79.9. The van der Waals surface area contributed by atoms with Crippen molar-refractivity contribution in [1.29, 1.82) is 0 Å². The van der Waals surface area contributed by atoms with Gasteiger partial charge in [-0.15, -0.1) is 11.3 Å². The molecule has 5 aromatic carbocycles. The van der Waals surface area contributed by atoms with E-state index in [0.717, 1.165) is 9.50 Å². The third kappa shape index (κ3) is 2.20. The zero-order valence-corrected chi connectivity index (χ0v) is 21.1. The Morgan fingerprint density at radius 2 is 1.38 bits per heavy atom. The quantitative estimate of drug-likeness (QED) is 0.181. The Morgan fingerprint density at radius 1 is 0.618 bits per heavy atom. The third-order valence-electron chi connectivity index (χ3n) is 7.61. The molecular weight excluding hydrogens is 520 g/mol. The minimum Gasteiger partial charge on any atom is -0.135 e. The first-order chi connectivity index (χ1) is 16.7. The molecule has 1 heterocycles. The van der Waals surface area contributed by atoms with Gasteiger partial charge in [0.25, 0.3) is 0 Å². The normalized spacial score (nSPS) is 17.2. The van der Waals surface area contributed by atoms with Gasteiger partial charge in [-0.05, 0) is 80.9 Å². The average Bonchev–Trinajstić information content (AvgIpc) is 3.47. The van der Waals surface area contributed by atoms with Crippen molar-refractivity contribution in [2.24, 2.45) is 0 Å². The fraction of sp³-hybridized carbons (Fsp3) is 0.0323. The second kappa shape index (κ2) is 6.60. The number of fused-ring (bicyclic) bond motifs is 14. The van der Waals surface area contributed by atoms with Crippen LogP contribution < -0.4 is 0 Å². The molecule has 1 spiro atoms. The summed E-state index contributed by atoms with van der Waals surface area (Å²) in [6, 6.07) is 35.6. The molecule has 0 nitrogen and oxygen atoms in total. The van der Waals surface area contributed by atoms with Gasteiger partial charge in [-0.25, -0.2) is 0 Å². The van der Waals surface area contributed by atoms with Gasteiger partial charge in [-0.3, -0.25) is 0 Å². The van der Waals surface area contributed by atoms with Crippen LogP contribution in [0.4, 0.5) is 0 Å². The Hall–Kier alpha value is -2.91. The average molecular weight is 536 g/mol. The van der Waals surface area contributed by atoms with Crippen LogP contribution in [0, 0.1) is 0 Å². The van der Waals surface area contributed by atoms with Gasteiger partial charge in [-0.2, -0.15) is 0 Å². The molecule has 1 unspecified atom stereocenters. The Balaban J connectivity index is 1.65. The number of benzene rings is 5. The lowest BCUT2D eigenvalue weighted by Crippen LogP contribution is -2.25. The van der Waals surface area contributed by atoms with Crippen molar-refractivity contribution in [3.63, 3.8) is 0 Å². The predicted molar refractivity (Wildman–Crippen MR) is 148 cm³/mol. The molecule has 2 aliphatic rings. The number of thiophene rings is 1. The van der Waals surface area contributed by atoms with Crippen molar-refractivity contribution in [2.45, 2.75) is 5.41 Å². The Bertz CT molecular complexity index is 1850. The second-order valence-electron chi connectivity index (χ2n) is 9.13. The van der Waals surface area contributed by atoms with Crippen molar-refractivity contribution in [3.05, 3.63) is 129 Å². The van der Waals surface area contributed by atoms with E-state index in [0.29, 0.717) is 0 Å². The van der Waals surface area contributed by atoms with E-state index in [1.807, 2.05) is 17.4 Å². The summed E-state index contributed by atoms with van der Waals surface area (Å²) in [5.74, 6) is 0. The summed E-state index contributed by atoms with van der Waals surface area (Å²) in [7, 11) is 0. The van der Waals surface area contributed by atoms with Crippen molar-refractivity contribution >= 4 is 59.0 Å². The highest BCUT2D eigenvalue weighted by Crippen LogP contribution is 2.64. The Morgan fingerprint density at radius 3 is 2.32 bits per heavy atom. The van der Waals surface area contributed by atoms with Gasteiger partial charge in [0.15, 0.2) is 0 Å². The summed E-state index contributed by atoms with van der Waals surface area (Å²) in [5.41, 5.74) is 10.1. The lowest BCUT2D eigenvalue weighted by atomic mass is 9.70. The SMILES string of the molecule is Clc1ccc2c(c1)C1(c3ccccc3-c3ccc(Br)cc31)c1ccc3sc4ccccc4c3c1-2. The van der Waals surface area contributed by atoms with E-state index in [1.165, 1.54) is 64.7 Å². The van der Waals surface area contributed by atoms with E-state index in [-0.39, 0.29) is 5.41 Å². The molecule has 3 heteroatoms. The van der Waals surface area contributed by atoms with Crippen LogP contribution >= 0.6 is 38.9 Å². The molecule has 8 rings (SSSR count). The van der Waals surface area contributed by atoms with Gasteiger partial charge in [-0.1, -0.05) is 88.2 Å². The summed E-state index contributed by atoms with van der Waals surface area (Å²) < 4.78 is 3.76. The molecule has 6 aromatic rings. The van der Waals surface area contributed by atoms with Gasteiger partial charge in [0, 0.05) is 29.7 Å². The van der Waals surface area contributed by atoms with Gasteiger partial charge in [0.1, 0.15) is 0 Å². The lowest BCUT2D eigenvalue weighted by molar-refractivity contribution is 0.794. The molecule has 1 atom stereocenters. The van der Waals surface area contributed by atoms with Gasteiger partial charge < -0.3 is 0 Å². The third-order valence-corrected chi connectivity index (χ3v) is 9.47. The smallest absolute Gasteiger partial charge is 0.0726 e. The van der Waals surface area contributed by atoms with E-state index in [4.69, 9.17) is 11.6 Å². The first-order valence-electron chi connectivity index (χ1n) is 11.3. The molecule has 0 aliphatic heterocycles. The van der Waals surface area contributed by atoms with Crippen LogP contribution in [0.1, 0.15) is 22.3 Å². The molecule has 0 radical (unpaired) electrons. The summed E-state index contributed by atoms with van der Waals surface area (Å²) in [6.45, 7) is 0. The van der Waals surface area contributed by atoms with E-state index >= 15 is 0 Å². The van der Waals surface area contributed by atoms with Gasteiger partial charge in [0.2, 0.25) is 0 Å². The van der Waals surface area contributed by atoms with Crippen LogP contribution in [0.2, 0.25) is 5.02 Å². The molecule has 0 saturated heterocycles. The first kappa shape index (κ1) is 19.4. The number of halogens is 2. The lowest BCUT2D eigenvalue weighted by Gasteiger charge is -2.30. The fourth-order valence-electron chi connectivity index (χ4n) is 6.43. The molecule has 34 heavy (non-hydrogen) atoms. The van der Waals surface area contributed by atoms with E-state index < -0.39 is 0 Å². The van der Waals surface area contributed by atoms with E-state index in [9.17, 15) is 0 Å². The van der Waals surface area contributed by atoms with E-state index in [1.54, 1.807) is 0 Å². The molecule has 0 saturated carbocycles. The van der Waals surface area contributed by atoms with Gasteiger partial charge >= 0.3 is 0 Å². The standard InChI is InChI=1S/C31H16BrClS/c32-17-9-11-20-19-5-1-3-7-23(19)31(25(20)15-17)24-13-14-28-30(22-6-2-4-8-27(22)34-28)29(24)21-12-10-18(33)16-26(21)31/h1-16H. The summed E-state index contributed by atoms with van der Waals surface area (Å²) in [6.07, 6.45) is 0. The van der Waals surface area contributed by atoms with Crippen LogP contribution in [0.25, 0.3) is 42.4 Å². The maximum Gasteiger partial charge on any atom is 0.0726 e. The van der Waals surface area contributed by atoms with Crippen molar-refractivity contribution in [1.82, 2.24) is 0 Å². The minimum absolute atomic E-state index is 0.386. The van der Waals surface area contributed by atoms with Gasteiger partial charge in [0.05, 0.1) is 5.41 Å². The highest BCUT2D eigenvalue weighted by molar-refractivity contribution is 9.10.